The average molecular weight is 412 g/mol. The van der Waals surface area contributed by atoms with Gasteiger partial charge >= 0.3 is 5.97 Å². The van der Waals surface area contributed by atoms with Crippen LogP contribution in [0.2, 0.25) is 0 Å². The first-order valence-corrected chi connectivity index (χ1v) is 10.3. The van der Waals surface area contributed by atoms with Crippen molar-refractivity contribution in [1.29, 1.82) is 0 Å². The molecular formula is C20H31N3O6. The number of ketones is 1. The number of nitrogens with zero attached hydrogens (tertiary/aromatic N) is 2. The molecule has 2 aliphatic heterocycles. The molecular weight excluding hydrogens is 381 g/mol. The van der Waals surface area contributed by atoms with Gasteiger partial charge in [-0.05, 0) is 33.6 Å². The van der Waals surface area contributed by atoms with Gasteiger partial charge in [0.15, 0.2) is 5.78 Å². The van der Waals surface area contributed by atoms with E-state index in [0.29, 0.717) is 17.1 Å². The molecule has 9 heteroatoms. The molecule has 2 saturated heterocycles. The first-order chi connectivity index (χ1) is 13.6. The van der Waals surface area contributed by atoms with E-state index in [2.05, 4.69) is 24.1 Å². The second-order valence-corrected chi connectivity index (χ2v) is 8.15. The number of piperidine rings is 1. The lowest BCUT2D eigenvalue weighted by Crippen LogP contribution is -2.51. The highest BCUT2D eigenvalue weighted by atomic mass is 16.8. The fourth-order valence-corrected chi connectivity index (χ4v) is 3.72. The average Bonchev–Trinajstić information content (AvgIpc) is 2.96. The maximum absolute atomic E-state index is 12.4. The Hall–Kier alpha value is -2.29. The van der Waals surface area contributed by atoms with Crippen LogP contribution in [0.4, 0.5) is 0 Å². The second-order valence-electron chi connectivity index (χ2n) is 8.15. The summed E-state index contributed by atoms with van der Waals surface area (Å²) in [5.74, 6) is -3.34. The van der Waals surface area contributed by atoms with Gasteiger partial charge < -0.3 is 10.2 Å². The summed E-state index contributed by atoms with van der Waals surface area (Å²) >= 11 is 0. The first-order valence-electron chi connectivity index (χ1n) is 10.3. The van der Waals surface area contributed by atoms with Gasteiger partial charge in [-0.1, -0.05) is 13.3 Å². The van der Waals surface area contributed by atoms with Crippen molar-refractivity contribution in [3.05, 3.63) is 0 Å². The number of hydrogen-bond acceptors (Lipinski definition) is 7. The Kier molecular flexibility index (Phi) is 7.89. The Labute approximate surface area is 171 Å². The van der Waals surface area contributed by atoms with Gasteiger partial charge in [-0.3, -0.25) is 24.1 Å². The highest BCUT2D eigenvalue weighted by molar-refractivity contribution is 6.01. The zero-order valence-corrected chi connectivity index (χ0v) is 17.6. The van der Waals surface area contributed by atoms with Crippen LogP contribution >= 0.6 is 0 Å². The number of hydrogen-bond donors (Lipinski definition) is 1. The molecule has 0 aromatic heterocycles. The monoisotopic (exact) mass is 412 g/mol. The van der Waals surface area contributed by atoms with Crippen LogP contribution in [-0.4, -0.2) is 64.1 Å². The molecule has 0 aromatic rings. The minimum absolute atomic E-state index is 0.0107. The summed E-state index contributed by atoms with van der Waals surface area (Å²) in [5.41, 5.74) is 0. The van der Waals surface area contributed by atoms with Crippen molar-refractivity contribution in [2.75, 3.05) is 6.54 Å². The maximum Gasteiger partial charge on any atom is 0.336 e. The molecule has 0 saturated carbocycles. The highest BCUT2D eigenvalue weighted by Gasteiger charge is 2.35. The van der Waals surface area contributed by atoms with Crippen LogP contribution in [0, 0.1) is 5.92 Å². The number of rotatable bonds is 8. The Morgan fingerprint density at radius 2 is 1.62 bits per heavy atom. The molecule has 4 unspecified atom stereocenters. The Morgan fingerprint density at radius 1 is 1.07 bits per heavy atom. The number of Topliss-reactive ketones (excluding diaryl/α,β-unsaturated/α-hetero) is 1. The molecule has 0 aliphatic carbocycles. The molecule has 3 amide bonds. The first kappa shape index (κ1) is 23.0. The topological polar surface area (TPSA) is 113 Å². The molecule has 2 heterocycles. The Balaban J connectivity index is 1.80. The van der Waals surface area contributed by atoms with E-state index in [9.17, 15) is 24.0 Å². The Bertz CT molecular complexity index is 653. The summed E-state index contributed by atoms with van der Waals surface area (Å²) < 4.78 is 0. The van der Waals surface area contributed by atoms with Crippen LogP contribution in [-0.2, 0) is 28.8 Å². The number of hydroxylamine groups is 2. The molecule has 2 fully saturated rings. The van der Waals surface area contributed by atoms with Gasteiger partial charge in [-0.25, -0.2) is 4.79 Å². The predicted octanol–water partition coefficient (Wildman–Crippen LogP) is 0.956. The summed E-state index contributed by atoms with van der Waals surface area (Å²) in [6.07, 6.45) is 3.11. The van der Waals surface area contributed by atoms with E-state index in [-0.39, 0.29) is 37.5 Å². The van der Waals surface area contributed by atoms with E-state index >= 15 is 0 Å². The van der Waals surface area contributed by atoms with E-state index in [4.69, 9.17) is 4.84 Å². The number of amides is 3. The number of carbonyl (C=O) groups excluding carboxylic acids is 5. The van der Waals surface area contributed by atoms with Crippen LogP contribution < -0.4 is 5.32 Å². The smallest absolute Gasteiger partial charge is 0.336 e. The third-order valence-corrected chi connectivity index (χ3v) is 5.66. The quantitative estimate of drug-likeness (QED) is 0.467. The number of carbonyl (C=O) groups is 5. The molecule has 2 rings (SSSR count). The lowest BCUT2D eigenvalue weighted by atomic mass is 9.98. The molecule has 0 spiro atoms. The summed E-state index contributed by atoms with van der Waals surface area (Å²) in [7, 11) is 0. The molecule has 29 heavy (non-hydrogen) atoms. The molecule has 162 valence electrons. The van der Waals surface area contributed by atoms with Crippen molar-refractivity contribution < 1.29 is 28.8 Å². The lowest BCUT2D eigenvalue weighted by molar-refractivity contribution is -0.200. The van der Waals surface area contributed by atoms with E-state index in [1.54, 1.807) is 6.92 Å². The van der Waals surface area contributed by atoms with Crippen molar-refractivity contribution in [2.24, 2.45) is 5.92 Å². The molecule has 2 aliphatic rings. The van der Waals surface area contributed by atoms with Gasteiger partial charge in [0, 0.05) is 31.3 Å². The summed E-state index contributed by atoms with van der Waals surface area (Å²) in [5, 5.41) is 3.17. The summed E-state index contributed by atoms with van der Waals surface area (Å²) in [6.45, 7) is 7.49. The van der Waals surface area contributed by atoms with Crippen molar-refractivity contribution in [1.82, 2.24) is 15.3 Å². The Morgan fingerprint density at radius 3 is 2.17 bits per heavy atom. The van der Waals surface area contributed by atoms with Crippen LogP contribution in [0.3, 0.4) is 0 Å². The minimum Gasteiger partial charge on any atom is -0.345 e. The molecule has 0 aromatic carbocycles. The molecule has 9 nitrogen and oxygen atoms in total. The van der Waals surface area contributed by atoms with Crippen molar-refractivity contribution in [2.45, 2.75) is 84.3 Å². The normalized spacial score (nSPS) is 24.9. The van der Waals surface area contributed by atoms with E-state index in [1.807, 2.05) is 0 Å². The van der Waals surface area contributed by atoms with E-state index < -0.39 is 29.7 Å². The van der Waals surface area contributed by atoms with Crippen molar-refractivity contribution in [3.8, 4) is 0 Å². The van der Waals surface area contributed by atoms with Gasteiger partial charge in [0.1, 0.15) is 0 Å². The SMILES string of the molecule is CC(N[13C](=O)CN1C(C)CCCC1C)[13C](=O)CC(C)[13C](=O)ON1C(=O)CCC1=O. The largest absolute Gasteiger partial charge is 0.345 e. The van der Waals surface area contributed by atoms with Gasteiger partial charge in [-0.15, -0.1) is 5.06 Å². The zero-order valence-electron chi connectivity index (χ0n) is 17.6. The predicted molar refractivity (Wildman–Crippen MR) is 103 cm³/mol. The summed E-state index contributed by atoms with van der Waals surface area (Å²) in [6, 6.07) is -0.106. The van der Waals surface area contributed by atoms with Gasteiger partial charge in [0.25, 0.3) is 11.8 Å². The van der Waals surface area contributed by atoms with E-state index in [1.165, 1.54) is 6.92 Å². The molecule has 4 atom stereocenters. The fraction of sp³-hybridized carbons (Fsp3) is 0.750. The standard InChI is InChI=1S/C20H31N3O6/c1-12(20(28)29-23-18(26)8-9-19(23)27)10-16(24)15(4)21-17(25)11-22-13(2)6-5-7-14(22)3/h12-15H,5-11H2,1-4H3,(H,21,25)/i16+1,17+1,20+1. The zero-order chi connectivity index (χ0) is 21.7. The van der Waals surface area contributed by atoms with Crippen molar-refractivity contribution >= 4 is 29.5 Å². The van der Waals surface area contributed by atoms with Gasteiger partial charge in [0.05, 0.1) is 18.5 Å². The van der Waals surface area contributed by atoms with Gasteiger partial charge in [-0.2, -0.15) is 0 Å². The van der Waals surface area contributed by atoms with Crippen molar-refractivity contribution in [3.63, 3.8) is 0 Å². The van der Waals surface area contributed by atoms with E-state index in [0.717, 1.165) is 19.3 Å². The molecule has 0 radical (unpaired) electrons. The maximum atomic E-state index is 12.4. The number of nitrogens with one attached hydrogen (secondary N) is 1. The number of imide groups is 1. The minimum atomic E-state index is -0.842. The summed E-state index contributed by atoms with van der Waals surface area (Å²) in [4.78, 5) is 66.8. The fourth-order valence-electron chi connectivity index (χ4n) is 3.72. The third-order valence-electron chi connectivity index (χ3n) is 5.66. The van der Waals surface area contributed by atoms with Crippen LogP contribution in [0.15, 0.2) is 0 Å². The third kappa shape index (κ3) is 6.09. The second kappa shape index (κ2) is 9.96. The van der Waals surface area contributed by atoms with Crippen LogP contribution in [0.1, 0.15) is 66.2 Å². The van der Waals surface area contributed by atoms with Crippen LogP contribution in [0.5, 0.6) is 0 Å². The lowest BCUT2D eigenvalue weighted by Gasteiger charge is -2.38. The number of likely N-dealkylation sites (tertiary alicyclic amines) is 1. The molecule has 0 bridgehead atoms. The van der Waals surface area contributed by atoms with Crippen LogP contribution in [0.25, 0.3) is 0 Å². The van der Waals surface area contributed by atoms with Gasteiger partial charge in [0.2, 0.25) is 5.91 Å². The molecule has 1 N–H and O–H groups in total. The highest BCUT2D eigenvalue weighted by Crippen LogP contribution is 2.22.